The van der Waals surface area contributed by atoms with E-state index in [1.54, 1.807) is 12.4 Å². The lowest BCUT2D eigenvalue weighted by molar-refractivity contribution is 1.04. The van der Waals surface area contributed by atoms with Gasteiger partial charge in [-0.15, -0.1) is 0 Å². The second kappa shape index (κ2) is 3.75. The SMILES string of the molecule is Nc1cnncc1-c1ccc(Br)cc1. The molecule has 1 heterocycles. The van der Waals surface area contributed by atoms with Crippen LogP contribution in [0.15, 0.2) is 41.1 Å². The summed E-state index contributed by atoms with van der Waals surface area (Å²) in [7, 11) is 0. The Balaban J connectivity index is 2.50. The lowest BCUT2D eigenvalue weighted by Gasteiger charge is -2.03. The van der Waals surface area contributed by atoms with Gasteiger partial charge in [0.05, 0.1) is 18.1 Å². The highest BCUT2D eigenvalue weighted by Gasteiger charge is 2.01. The molecule has 0 fully saturated rings. The highest BCUT2D eigenvalue weighted by Crippen LogP contribution is 2.24. The molecule has 1 aromatic carbocycles. The summed E-state index contributed by atoms with van der Waals surface area (Å²) < 4.78 is 1.04. The Hall–Kier alpha value is -1.42. The second-order valence-corrected chi connectivity index (χ2v) is 3.78. The predicted octanol–water partition coefficient (Wildman–Crippen LogP) is 2.49. The van der Waals surface area contributed by atoms with Crippen LogP contribution >= 0.6 is 15.9 Å². The molecule has 70 valence electrons. The van der Waals surface area contributed by atoms with Crippen LogP contribution in [0.2, 0.25) is 0 Å². The Labute approximate surface area is 90.1 Å². The fourth-order valence-electron chi connectivity index (χ4n) is 1.20. The zero-order valence-electron chi connectivity index (χ0n) is 7.31. The maximum atomic E-state index is 5.78. The molecule has 0 aliphatic carbocycles. The lowest BCUT2D eigenvalue weighted by atomic mass is 10.1. The van der Waals surface area contributed by atoms with Crippen molar-refractivity contribution < 1.29 is 0 Å². The zero-order chi connectivity index (χ0) is 9.97. The highest BCUT2D eigenvalue weighted by molar-refractivity contribution is 9.10. The number of benzene rings is 1. The van der Waals surface area contributed by atoms with Crippen molar-refractivity contribution in [2.45, 2.75) is 0 Å². The van der Waals surface area contributed by atoms with Crippen molar-refractivity contribution in [3.8, 4) is 11.1 Å². The van der Waals surface area contributed by atoms with Crippen LogP contribution in [0, 0.1) is 0 Å². The quantitative estimate of drug-likeness (QED) is 0.845. The molecule has 0 spiro atoms. The number of rotatable bonds is 1. The van der Waals surface area contributed by atoms with Crippen LogP contribution in [0.4, 0.5) is 5.69 Å². The van der Waals surface area contributed by atoms with E-state index in [9.17, 15) is 0 Å². The topological polar surface area (TPSA) is 51.8 Å². The highest BCUT2D eigenvalue weighted by atomic mass is 79.9. The number of halogens is 1. The first kappa shape index (κ1) is 9.15. The van der Waals surface area contributed by atoms with Gasteiger partial charge in [0.2, 0.25) is 0 Å². The molecule has 0 bridgehead atoms. The fourth-order valence-corrected chi connectivity index (χ4v) is 1.47. The standard InChI is InChI=1S/C10H8BrN3/c11-8-3-1-7(2-4-8)9-5-13-14-6-10(9)12/h1-6H,(H2,12,13). The van der Waals surface area contributed by atoms with Gasteiger partial charge in [0.15, 0.2) is 0 Å². The van der Waals surface area contributed by atoms with Gasteiger partial charge in [0.1, 0.15) is 0 Å². The number of hydrogen-bond acceptors (Lipinski definition) is 3. The van der Waals surface area contributed by atoms with Gasteiger partial charge in [-0.1, -0.05) is 28.1 Å². The fraction of sp³-hybridized carbons (Fsp3) is 0. The second-order valence-electron chi connectivity index (χ2n) is 2.87. The molecule has 3 nitrogen and oxygen atoms in total. The molecule has 14 heavy (non-hydrogen) atoms. The molecule has 0 aliphatic rings. The van der Waals surface area contributed by atoms with Gasteiger partial charge in [-0.3, -0.25) is 0 Å². The average Bonchev–Trinajstić information content (AvgIpc) is 2.20. The molecule has 2 aromatic rings. The number of nitrogens with zero attached hydrogens (tertiary/aromatic N) is 2. The van der Waals surface area contributed by atoms with Crippen LogP contribution in [-0.4, -0.2) is 10.2 Å². The summed E-state index contributed by atoms with van der Waals surface area (Å²) in [5.41, 5.74) is 8.37. The normalized spacial score (nSPS) is 10.1. The van der Waals surface area contributed by atoms with E-state index in [4.69, 9.17) is 5.73 Å². The molecule has 1 aromatic heterocycles. The van der Waals surface area contributed by atoms with Crippen LogP contribution < -0.4 is 5.73 Å². The predicted molar refractivity (Wildman–Crippen MR) is 59.6 cm³/mol. The van der Waals surface area contributed by atoms with Crippen molar-refractivity contribution in [3.63, 3.8) is 0 Å². The van der Waals surface area contributed by atoms with E-state index in [-0.39, 0.29) is 0 Å². The first-order valence-corrected chi connectivity index (χ1v) is 4.89. The van der Waals surface area contributed by atoms with Crippen LogP contribution in [0.1, 0.15) is 0 Å². The third-order valence-electron chi connectivity index (χ3n) is 1.92. The first-order chi connectivity index (χ1) is 6.77. The maximum Gasteiger partial charge on any atom is 0.0732 e. The van der Waals surface area contributed by atoms with E-state index in [1.165, 1.54) is 0 Å². The van der Waals surface area contributed by atoms with Crippen molar-refractivity contribution in [2.24, 2.45) is 0 Å². The van der Waals surface area contributed by atoms with E-state index in [0.29, 0.717) is 5.69 Å². The molecule has 0 radical (unpaired) electrons. The van der Waals surface area contributed by atoms with E-state index < -0.39 is 0 Å². The molecular weight excluding hydrogens is 242 g/mol. The van der Waals surface area contributed by atoms with Gasteiger partial charge in [0, 0.05) is 10.0 Å². The summed E-state index contributed by atoms with van der Waals surface area (Å²) in [6, 6.07) is 7.90. The number of nitrogen functional groups attached to an aromatic ring is 1. The molecular formula is C10H8BrN3. The van der Waals surface area contributed by atoms with Gasteiger partial charge < -0.3 is 5.73 Å². The number of aromatic nitrogens is 2. The summed E-state index contributed by atoms with van der Waals surface area (Å²) in [6.45, 7) is 0. The Morgan fingerprint density at radius 3 is 2.29 bits per heavy atom. The maximum absolute atomic E-state index is 5.78. The van der Waals surface area contributed by atoms with E-state index >= 15 is 0 Å². The van der Waals surface area contributed by atoms with Gasteiger partial charge in [-0.05, 0) is 17.7 Å². The minimum atomic E-state index is 0.641. The van der Waals surface area contributed by atoms with Crippen molar-refractivity contribution in [3.05, 3.63) is 41.1 Å². The van der Waals surface area contributed by atoms with Crippen LogP contribution in [0.25, 0.3) is 11.1 Å². The van der Waals surface area contributed by atoms with Gasteiger partial charge >= 0.3 is 0 Å². The van der Waals surface area contributed by atoms with Gasteiger partial charge in [-0.2, -0.15) is 10.2 Å². The van der Waals surface area contributed by atoms with Crippen molar-refractivity contribution >= 4 is 21.6 Å². The minimum absolute atomic E-state index is 0.641. The van der Waals surface area contributed by atoms with E-state index in [0.717, 1.165) is 15.6 Å². The van der Waals surface area contributed by atoms with Gasteiger partial charge in [-0.25, -0.2) is 0 Å². The summed E-state index contributed by atoms with van der Waals surface area (Å²) in [5.74, 6) is 0. The Morgan fingerprint density at radius 2 is 1.64 bits per heavy atom. The van der Waals surface area contributed by atoms with Gasteiger partial charge in [0.25, 0.3) is 0 Å². The Morgan fingerprint density at radius 1 is 1.00 bits per heavy atom. The minimum Gasteiger partial charge on any atom is -0.397 e. The summed E-state index contributed by atoms with van der Waals surface area (Å²) in [5, 5.41) is 7.51. The number of hydrogen-bond donors (Lipinski definition) is 1. The zero-order valence-corrected chi connectivity index (χ0v) is 8.90. The summed E-state index contributed by atoms with van der Waals surface area (Å²) >= 11 is 3.38. The Bertz CT molecular complexity index is 439. The first-order valence-electron chi connectivity index (χ1n) is 4.09. The molecule has 0 saturated carbocycles. The number of nitrogens with two attached hydrogens (primary N) is 1. The third-order valence-corrected chi connectivity index (χ3v) is 2.45. The van der Waals surface area contributed by atoms with Crippen LogP contribution in [-0.2, 0) is 0 Å². The smallest absolute Gasteiger partial charge is 0.0732 e. The summed E-state index contributed by atoms with van der Waals surface area (Å²) in [4.78, 5) is 0. The van der Waals surface area contributed by atoms with Crippen molar-refractivity contribution in [1.82, 2.24) is 10.2 Å². The Kier molecular flexibility index (Phi) is 2.45. The molecule has 0 aliphatic heterocycles. The van der Waals surface area contributed by atoms with Crippen molar-refractivity contribution in [1.29, 1.82) is 0 Å². The lowest BCUT2D eigenvalue weighted by Crippen LogP contribution is -1.92. The number of anilines is 1. The third kappa shape index (κ3) is 1.75. The largest absolute Gasteiger partial charge is 0.397 e. The molecule has 0 saturated heterocycles. The molecule has 0 amide bonds. The molecule has 2 N–H and O–H groups in total. The van der Waals surface area contributed by atoms with Crippen molar-refractivity contribution in [2.75, 3.05) is 5.73 Å². The van der Waals surface area contributed by atoms with Crippen LogP contribution in [0.3, 0.4) is 0 Å². The molecule has 2 rings (SSSR count). The molecule has 4 heteroatoms. The monoisotopic (exact) mass is 249 g/mol. The van der Waals surface area contributed by atoms with E-state index in [1.807, 2.05) is 24.3 Å². The molecule has 0 atom stereocenters. The average molecular weight is 250 g/mol. The van der Waals surface area contributed by atoms with E-state index in [2.05, 4.69) is 26.1 Å². The summed E-state index contributed by atoms with van der Waals surface area (Å²) in [6.07, 6.45) is 3.22. The van der Waals surface area contributed by atoms with Crippen LogP contribution in [0.5, 0.6) is 0 Å². The molecule has 0 unspecified atom stereocenters.